The van der Waals surface area contributed by atoms with E-state index in [2.05, 4.69) is 29.7 Å². The summed E-state index contributed by atoms with van der Waals surface area (Å²) in [5, 5.41) is 20.5. The standard InChI is InChI=1S/C27H24N2O3/c1-3-4-13-29-25-11-5-18(14-21(17-28)27(30)31)15-23(25)24-16-20(8-12-26(24)29)19-6-9-22(32-2)10-7-19/h5-12,14-16H,3-4,13H2,1-2H3,(H,30,31)/b21-14+. The molecule has 1 N–H and O–H groups in total. The van der Waals surface area contributed by atoms with Crippen LogP contribution in [0.2, 0.25) is 0 Å². The van der Waals surface area contributed by atoms with Crippen LogP contribution in [0.3, 0.4) is 0 Å². The Balaban J connectivity index is 1.92. The molecule has 3 aromatic carbocycles. The highest BCUT2D eigenvalue weighted by Crippen LogP contribution is 2.34. The number of hydrogen-bond acceptors (Lipinski definition) is 3. The molecule has 0 atom stereocenters. The number of aryl methyl sites for hydroxylation is 1. The van der Waals surface area contributed by atoms with Crippen molar-refractivity contribution in [3.63, 3.8) is 0 Å². The number of nitrogens with zero attached hydrogens (tertiary/aromatic N) is 2. The molecule has 0 aliphatic heterocycles. The average molecular weight is 425 g/mol. The van der Waals surface area contributed by atoms with Crippen molar-refractivity contribution < 1.29 is 14.6 Å². The molecule has 0 saturated carbocycles. The molecule has 4 aromatic rings. The summed E-state index contributed by atoms with van der Waals surface area (Å²) in [6.07, 6.45) is 3.58. The predicted molar refractivity (Wildman–Crippen MR) is 128 cm³/mol. The van der Waals surface area contributed by atoms with Crippen molar-refractivity contribution in [3.8, 4) is 22.9 Å². The van der Waals surface area contributed by atoms with Crippen molar-refractivity contribution in [1.29, 1.82) is 5.26 Å². The van der Waals surface area contributed by atoms with Gasteiger partial charge >= 0.3 is 5.97 Å². The van der Waals surface area contributed by atoms with Crippen LogP contribution in [-0.4, -0.2) is 22.8 Å². The summed E-state index contributed by atoms with van der Waals surface area (Å²) in [6.45, 7) is 3.08. The van der Waals surface area contributed by atoms with Crippen molar-refractivity contribution in [2.24, 2.45) is 0 Å². The number of benzene rings is 3. The topological polar surface area (TPSA) is 75.2 Å². The Morgan fingerprint density at radius 2 is 1.69 bits per heavy atom. The van der Waals surface area contributed by atoms with Gasteiger partial charge in [0.05, 0.1) is 7.11 Å². The number of rotatable bonds is 7. The average Bonchev–Trinajstić information content (AvgIpc) is 3.13. The highest BCUT2D eigenvalue weighted by atomic mass is 16.5. The van der Waals surface area contributed by atoms with Crippen LogP contribution < -0.4 is 4.74 Å². The van der Waals surface area contributed by atoms with Crippen molar-refractivity contribution in [1.82, 2.24) is 4.57 Å². The molecule has 1 heterocycles. The minimum atomic E-state index is -1.22. The van der Waals surface area contributed by atoms with Gasteiger partial charge in [-0.3, -0.25) is 0 Å². The summed E-state index contributed by atoms with van der Waals surface area (Å²) in [5.41, 5.74) is 4.85. The summed E-state index contributed by atoms with van der Waals surface area (Å²) in [7, 11) is 1.65. The summed E-state index contributed by atoms with van der Waals surface area (Å²) >= 11 is 0. The van der Waals surface area contributed by atoms with Gasteiger partial charge in [0.2, 0.25) is 0 Å². The maximum Gasteiger partial charge on any atom is 0.346 e. The number of hydrogen-bond donors (Lipinski definition) is 1. The number of aromatic nitrogens is 1. The Labute approximate surface area is 186 Å². The zero-order chi connectivity index (χ0) is 22.7. The number of aliphatic carboxylic acids is 1. The van der Waals surface area contributed by atoms with Crippen LogP contribution in [0.25, 0.3) is 39.0 Å². The quantitative estimate of drug-likeness (QED) is 0.281. The third kappa shape index (κ3) is 3.95. The molecule has 4 rings (SSSR count). The Morgan fingerprint density at radius 3 is 2.31 bits per heavy atom. The fourth-order valence-electron chi connectivity index (χ4n) is 4.04. The number of ether oxygens (including phenoxy) is 1. The number of fused-ring (bicyclic) bond motifs is 3. The van der Waals surface area contributed by atoms with Gasteiger partial charge in [0.25, 0.3) is 0 Å². The summed E-state index contributed by atoms with van der Waals surface area (Å²) in [6, 6.07) is 22.0. The molecule has 0 fully saturated rings. The van der Waals surface area contributed by atoms with Crippen LogP contribution in [0.15, 0.2) is 66.2 Å². The number of carbonyl (C=O) groups is 1. The molecular weight excluding hydrogens is 400 g/mol. The SMILES string of the molecule is CCCCn1c2ccc(/C=C(\C#N)C(=O)O)cc2c2cc(-c3ccc(OC)cc3)ccc21. The van der Waals surface area contributed by atoms with Gasteiger partial charge in [0.1, 0.15) is 17.4 Å². The smallest absolute Gasteiger partial charge is 0.346 e. The van der Waals surface area contributed by atoms with E-state index in [1.165, 1.54) is 6.08 Å². The first-order chi connectivity index (χ1) is 15.5. The van der Waals surface area contributed by atoms with Gasteiger partial charge in [-0.2, -0.15) is 5.26 Å². The van der Waals surface area contributed by atoms with Crippen LogP contribution in [0.4, 0.5) is 0 Å². The zero-order valence-corrected chi connectivity index (χ0v) is 18.1. The number of unbranched alkanes of at least 4 members (excludes halogenated alkanes) is 1. The van der Waals surface area contributed by atoms with E-state index in [1.807, 2.05) is 42.5 Å². The lowest BCUT2D eigenvalue weighted by Gasteiger charge is -2.07. The van der Waals surface area contributed by atoms with Gasteiger partial charge in [-0.05, 0) is 65.6 Å². The molecule has 5 heteroatoms. The summed E-state index contributed by atoms with van der Waals surface area (Å²) < 4.78 is 7.59. The molecule has 0 aliphatic rings. The largest absolute Gasteiger partial charge is 0.497 e. The number of methoxy groups -OCH3 is 1. The number of nitriles is 1. The van der Waals surface area contributed by atoms with E-state index in [4.69, 9.17) is 10.00 Å². The van der Waals surface area contributed by atoms with Gasteiger partial charge in [-0.1, -0.05) is 37.6 Å². The van der Waals surface area contributed by atoms with Gasteiger partial charge in [0, 0.05) is 28.4 Å². The van der Waals surface area contributed by atoms with Gasteiger partial charge in [-0.15, -0.1) is 0 Å². The normalized spacial score (nSPS) is 11.6. The first kappa shape index (κ1) is 21.2. The van der Waals surface area contributed by atoms with E-state index in [0.717, 1.165) is 58.1 Å². The maximum atomic E-state index is 11.3. The lowest BCUT2D eigenvalue weighted by Crippen LogP contribution is -1.98. The molecule has 1 aromatic heterocycles. The van der Waals surface area contributed by atoms with E-state index in [9.17, 15) is 9.90 Å². The van der Waals surface area contributed by atoms with E-state index < -0.39 is 5.97 Å². The van der Waals surface area contributed by atoms with E-state index >= 15 is 0 Å². The Morgan fingerprint density at radius 1 is 1.03 bits per heavy atom. The zero-order valence-electron chi connectivity index (χ0n) is 18.1. The van der Waals surface area contributed by atoms with Crippen LogP contribution >= 0.6 is 0 Å². The number of carboxylic acid groups (broad SMARTS) is 1. The molecule has 0 unspecified atom stereocenters. The first-order valence-corrected chi connectivity index (χ1v) is 10.6. The monoisotopic (exact) mass is 424 g/mol. The molecule has 0 aliphatic carbocycles. The van der Waals surface area contributed by atoms with Crippen LogP contribution in [0, 0.1) is 11.3 Å². The summed E-state index contributed by atoms with van der Waals surface area (Å²) in [5.74, 6) is -0.408. The fraction of sp³-hybridized carbons (Fsp3) is 0.185. The first-order valence-electron chi connectivity index (χ1n) is 10.6. The van der Waals surface area contributed by atoms with Crippen LogP contribution in [-0.2, 0) is 11.3 Å². The Hall–Kier alpha value is -4.04. The van der Waals surface area contributed by atoms with Gasteiger partial charge in [0.15, 0.2) is 0 Å². The van der Waals surface area contributed by atoms with Crippen molar-refractivity contribution in [3.05, 3.63) is 71.8 Å². The molecule has 0 saturated heterocycles. The van der Waals surface area contributed by atoms with Crippen molar-refractivity contribution in [2.45, 2.75) is 26.3 Å². The van der Waals surface area contributed by atoms with Crippen molar-refractivity contribution in [2.75, 3.05) is 7.11 Å². The molecule has 5 nitrogen and oxygen atoms in total. The Bertz CT molecular complexity index is 1370. The minimum Gasteiger partial charge on any atom is -0.497 e. The third-order valence-electron chi connectivity index (χ3n) is 5.71. The van der Waals surface area contributed by atoms with Crippen LogP contribution in [0.1, 0.15) is 25.3 Å². The third-order valence-corrected chi connectivity index (χ3v) is 5.71. The molecule has 32 heavy (non-hydrogen) atoms. The Kier molecular flexibility index (Phi) is 5.96. The second-order valence-corrected chi connectivity index (χ2v) is 7.72. The molecular formula is C27H24N2O3. The molecule has 160 valence electrons. The highest BCUT2D eigenvalue weighted by Gasteiger charge is 2.13. The summed E-state index contributed by atoms with van der Waals surface area (Å²) in [4.78, 5) is 11.3. The minimum absolute atomic E-state index is 0.280. The van der Waals surface area contributed by atoms with Crippen molar-refractivity contribution >= 4 is 33.9 Å². The number of carboxylic acids is 1. The predicted octanol–water partition coefficient (Wildman–Crippen LogP) is 6.26. The van der Waals surface area contributed by atoms with E-state index in [-0.39, 0.29) is 5.57 Å². The highest BCUT2D eigenvalue weighted by molar-refractivity contribution is 6.10. The van der Waals surface area contributed by atoms with Gasteiger partial charge in [-0.25, -0.2) is 4.79 Å². The fourth-order valence-corrected chi connectivity index (χ4v) is 4.04. The maximum absolute atomic E-state index is 11.3. The second kappa shape index (κ2) is 8.99. The molecule has 0 amide bonds. The molecule has 0 radical (unpaired) electrons. The lowest BCUT2D eigenvalue weighted by molar-refractivity contribution is -0.132. The van der Waals surface area contributed by atoms with Crippen LogP contribution in [0.5, 0.6) is 5.75 Å². The molecule has 0 bridgehead atoms. The van der Waals surface area contributed by atoms with E-state index in [1.54, 1.807) is 13.2 Å². The van der Waals surface area contributed by atoms with E-state index in [0.29, 0.717) is 5.56 Å². The lowest BCUT2D eigenvalue weighted by atomic mass is 10.0. The van der Waals surface area contributed by atoms with Gasteiger partial charge < -0.3 is 14.4 Å². The second-order valence-electron chi connectivity index (χ2n) is 7.72. The molecule has 0 spiro atoms.